The molecular weight excluding hydrogens is 395 g/mol. The second kappa shape index (κ2) is 8.83. The minimum Gasteiger partial charge on any atom is -0.489 e. The van der Waals surface area contributed by atoms with E-state index in [1.807, 2.05) is 31.2 Å². The highest BCUT2D eigenvalue weighted by Gasteiger charge is 2.33. The molecule has 156 valence electrons. The lowest BCUT2D eigenvalue weighted by atomic mass is 10.1. The highest BCUT2D eigenvalue weighted by molar-refractivity contribution is 6.13. The van der Waals surface area contributed by atoms with Gasteiger partial charge in [-0.05, 0) is 54.0 Å². The maximum absolute atomic E-state index is 13.2. The van der Waals surface area contributed by atoms with Gasteiger partial charge in [0.25, 0.3) is 5.91 Å². The van der Waals surface area contributed by atoms with Crippen molar-refractivity contribution in [2.75, 3.05) is 0 Å². The van der Waals surface area contributed by atoms with Crippen LogP contribution in [0.15, 0.2) is 78.5 Å². The van der Waals surface area contributed by atoms with E-state index in [1.165, 1.54) is 17.0 Å². The van der Waals surface area contributed by atoms with E-state index in [4.69, 9.17) is 4.74 Å². The minimum absolute atomic E-state index is 0.217. The summed E-state index contributed by atoms with van der Waals surface area (Å²) >= 11 is 0. The lowest BCUT2D eigenvalue weighted by molar-refractivity contribution is -0.123. The Morgan fingerprint density at radius 1 is 0.968 bits per heavy atom. The summed E-state index contributed by atoms with van der Waals surface area (Å²) in [6.45, 7) is 2.45. The largest absolute Gasteiger partial charge is 0.489 e. The zero-order chi connectivity index (χ0) is 21.8. The number of rotatable bonds is 6. The number of ether oxygens (including phenoxy) is 1. The van der Waals surface area contributed by atoms with Crippen molar-refractivity contribution in [3.8, 4) is 5.75 Å². The molecule has 31 heavy (non-hydrogen) atoms. The van der Waals surface area contributed by atoms with Crippen LogP contribution in [0.1, 0.15) is 22.3 Å². The summed E-state index contributed by atoms with van der Waals surface area (Å²) in [6.07, 6.45) is 1.63. The molecule has 3 aromatic rings. The third-order valence-corrected chi connectivity index (χ3v) is 4.91. The van der Waals surface area contributed by atoms with Gasteiger partial charge in [-0.2, -0.15) is 0 Å². The van der Waals surface area contributed by atoms with E-state index in [1.54, 1.807) is 42.5 Å². The molecule has 1 aliphatic rings. The second-order valence-electron chi connectivity index (χ2n) is 7.35. The maximum atomic E-state index is 13.2. The van der Waals surface area contributed by atoms with Crippen molar-refractivity contribution >= 4 is 18.0 Å². The van der Waals surface area contributed by atoms with Crippen LogP contribution in [-0.2, 0) is 17.9 Å². The number of hydrogen-bond donors (Lipinski definition) is 1. The number of carbonyl (C=O) groups excluding carboxylic acids is 2. The van der Waals surface area contributed by atoms with Crippen molar-refractivity contribution in [3.63, 3.8) is 0 Å². The molecule has 0 atom stereocenters. The maximum Gasteiger partial charge on any atom is 0.329 e. The molecule has 1 aliphatic heterocycles. The van der Waals surface area contributed by atoms with E-state index in [2.05, 4.69) is 5.32 Å². The van der Waals surface area contributed by atoms with Gasteiger partial charge < -0.3 is 10.1 Å². The van der Waals surface area contributed by atoms with Crippen LogP contribution in [0, 0.1) is 12.7 Å². The number of amides is 3. The van der Waals surface area contributed by atoms with Crippen LogP contribution in [0.5, 0.6) is 5.75 Å². The fourth-order valence-corrected chi connectivity index (χ4v) is 3.21. The highest BCUT2D eigenvalue weighted by atomic mass is 19.1. The van der Waals surface area contributed by atoms with Gasteiger partial charge in [0.2, 0.25) is 0 Å². The van der Waals surface area contributed by atoms with Gasteiger partial charge in [0.1, 0.15) is 23.9 Å². The SMILES string of the molecule is Cc1ccc(CN2C(=O)N/C(=C/c3ccc(OCc4cccc(F)c4)cc3)C2=O)cc1. The summed E-state index contributed by atoms with van der Waals surface area (Å²) in [7, 11) is 0. The molecule has 1 heterocycles. The number of carbonyl (C=O) groups is 2. The van der Waals surface area contributed by atoms with E-state index in [0.717, 1.165) is 22.3 Å². The Kier molecular flexibility index (Phi) is 5.80. The van der Waals surface area contributed by atoms with Gasteiger partial charge in [0, 0.05) is 0 Å². The molecule has 5 nitrogen and oxygen atoms in total. The summed E-state index contributed by atoms with van der Waals surface area (Å²) < 4.78 is 18.9. The molecule has 1 fully saturated rings. The van der Waals surface area contributed by atoms with E-state index in [9.17, 15) is 14.0 Å². The molecule has 0 aromatic heterocycles. The number of hydrogen-bond acceptors (Lipinski definition) is 3. The van der Waals surface area contributed by atoms with Gasteiger partial charge in [-0.15, -0.1) is 0 Å². The summed E-state index contributed by atoms with van der Waals surface area (Å²) in [4.78, 5) is 26.1. The smallest absolute Gasteiger partial charge is 0.329 e. The van der Waals surface area contributed by atoms with E-state index >= 15 is 0 Å². The number of urea groups is 1. The predicted octanol–water partition coefficient (Wildman–Crippen LogP) is 4.81. The quantitative estimate of drug-likeness (QED) is 0.464. The Balaban J connectivity index is 1.40. The van der Waals surface area contributed by atoms with Gasteiger partial charge >= 0.3 is 6.03 Å². The lowest BCUT2D eigenvalue weighted by Gasteiger charge is -2.11. The summed E-state index contributed by atoms with van der Waals surface area (Å²) in [5.41, 5.74) is 3.71. The number of halogens is 1. The molecule has 1 saturated heterocycles. The number of benzene rings is 3. The molecule has 0 bridgehead atoms. The molecule has 0 radical (unpaired) electrons. The number of imide groups is 1. The molecular formula is C25H21FN2O3. The Labute approximate surface area is 179 Å². The standard InChI is InChI=1S/C25H21FN2O3/c1-17-5-7-19(8-6-17)15-28-24(29)23(27-25(28)30)14-18-9-11-22(12-10-18)31-16-20-3-2-4-21(26)13-20/h2-14H,15-16H2,1H3,(H,27,30)/b23-14+. The minimum atomic E-state index is -0.438. The summed E-state index contributed by atoms with van der Waals surface area (Å²) in [5.74, 6) is -0.0472. The van der Waals surface area contributed by atoms with Crippen LogP contribution in [-0.4, -0.2) is 16.8 Å². The van der Waals surface area contributed by atoms with Gasteiger partial charge in [-0.3, -0.25) is 9.69 Å². The number of nitrogens with zero attached hydrogens (tertiary/aromatic N) is 1. The Bertz CT molecular complexity index is 1140. The van der Waals surface area contributed by atoms with Crippen LogP contribution in [0.4, 0.5) is 9.18 Å². The van der Waals surface area contributed by atoms with Crippen molar-refractivity contribution in [1.82, 2.24) is 10.2 Å². The second-order valence-corrected chi connectivity index (χ2v) is 7.35. The highest BCUT2D eigenvalue weighted by Crippen LogP contribution is 2.20. The average Bonchev–Trinajstić information content (AvgIpc) is 3.02. The normalized spacial score (nSPS) is 14.8. The zero-order valence-corrected chi connectivity index (χ0v) is 17.0. The van der Waals surface area contributed by atoms with Crippen molar-refractivity contribution in [2.24, 2.45) is 0 Å². The topological polar surface area (TPSA) is 58.6 Å². The van der Waals surface area contributed by atoms with Crippen LogP contribution >= 0.6 is 0 Å². The van der Waals surface area contributed by atoms with Crippen molar-refractivity contribution in [3.05, 3.63) is 107 Å². The molecule has 6 heteroatoms. The van der Waals surface area contributed by atoms with Gasteiger partial charge in [-0.1, -0.05) is 54.1 Å². The molecule has 1 N–H and O–H groups in total. The average molecular weight is 416 g/mol. The van der Waals surface area contributed by atoms with Crippen LogP contribution < -0.4 is 10.1 Å². The molecule has 4 rings (SSSR count). The zero-order valence-electron chi connectivity index (χ0n) is 17.0. The van der Waals surface area contributed by atoms with Crippen LogP contribution in [0.25, 0.3) is 6.08 Å². The van der Waals surface area contributed by atoms with E-state index < -0.39 is 6.03 Å². The Hall–Kier alpha value is -3.93. The molecule has 3 aromatic carbocycles. The van der Waals surface area contributed by atoms with Crippen molar-refractivity contribution in [2.45, 2.75) is 20.1 Å². The number of aryl methyl sites for hydroxylation is 1. The predicted molar refractivity (Wildman–Crippen MR) is 115 cm³/mol. The Morgan fingerprint density at radius 3 is 2.42 bits per heavy atom. The summed E-state index contributed by atoms with van der Waals surface area (Å²) in [5, 5.41) is 2.63. The third-order valence-electron chi connectivity index (χ3n) is 4.91. The first-order chi connectivity index (χ1) is 15.0. The number of nitrogens with one attached hydrogen (secondary N) is 1. The first-order valence-electron chi connectivity index (χ1n) is 9.85. The van der Waals surface area contributed by atoms with Gasteiger partial charge in [0.15, 0.2) is 0 Å². The first-order valence-corrected chi connectivity index (χ1v) is 9.85. The first kappa shape index (κ1) is 20.3. The fraction of sp³-hybridized carbons (Fsp3) is 0.120. The van der Waals surface area contributed by atoms with Crippen molar-refractivity contribution < 1.29 is 18.7 Å². The van der Waals surface area contributed by atoms with Crippen LogP contribution in [0.3, 0.4) is 0 Å². The van der Waals surface area contributed by atoms with Gasteiger partial charge in [-0.25, -0.2) is 9.18 Å². The molecule has 0 aliphatic carbocycles. The summed E-state index contributed by atoms with van der Waals surface area (Å²) in [6, 6.07) is 20.6. The fourth-order valence-electron chi connectivity index (χ4n) is 3.21. The van der Waals surface area contributed by atoms with Crippen LogP contribution in [0.2, 0.25) is 0 Å². The van der Waals surface area contributed by atoms with E-state index in [0.29, 0.717) is 5.75 Å². The molecule has 0 saturated carbocycles. The molecule has 0 spiro atoms. The van der Waals surface area contributed by atoms with Crippen molar-refractivity contribution in [1.29, 1.82) is 0 Å². The lowest BCUT2D eigenvalue weighted by Crippen LogP contribution is -2.30. The third kappa shape index (κ3) is 4.98. The molecule has 3 amide bonds. The van der Waals surface area contributed by atoms with Gasteiger partial charge in [0.05, 0.1) is 6.54 Å². The Morgan fingerprint density at radius 2 is 1.71 bits per heavy atom. The monoisotopic (exact) mass is 416 g/mol. The van der Waals surface area contributed by atoms with E-state index in [-0.39, 0.29) is 30.6 Å². The molecule has 0 unspecified atom stereocenters.